The summed E-state index contributed by atoms with van der Waals surface area (Å²) in [6.07, 6.45) is 2.07. The van der Waals surface area contributed by atoms with Gasteiger partial charge in [-0.15, -0.1) is 12.4 Å². The second-order valence-electron chi connectivity index (χ2n) is 4.15. The van der Waals surface area contributed by atoms with E-state index in [0.29, 0.717) is 13.0 Å². The van der Waals surface area contributed by atoms with Crippen molar-refractivity contribution in [2.24, 2.45) is 5.73 Å². The average Bonchev–Trinajstić information content (AvgIpc) is 2.28. The predicted molar refractivity (Wildman–Crippen MR) is 66.6 cm³/mol. The summed E-state index contributed by atoms with van der Waals surface area (Å²) in [5.41, 5.74) is 4.81. The lowest BCUT2D eigenvalue weighted by atomic mass is 10.1. The molecular formula is C9H19ClF2N2O3S. The highest BCUT2D eigenvalue weighted by molar-refractivity contribution is 7.89. The molecular weight excluding hydrogens is 290 g/mol. The van der Waals surface area contributed by atoms with Gasteiger partial charge in [0.25, 0.3) is 5.92 Å². The Kier molecular flexibility index (Phi) is 7.53. The molecule has 110 valence electrons. The molecule has 1 rings (SSSR count). The molecule has 1 heterocycles. The van der Waals surface area contributed by atoms with Gasteiger partial charge in [-0.25, -0.2) is 21.9 Å². The number of alkyl halides is 2. The molecule has 1 unspecified atom stereocenters. The topological polar surface area (TPSA) is 81.4 Å². The van der Waals surface area contributed by atoms with Gasteiger partial charge < -0.3 is 10.5 Å². The SMILES string of the molecule is Cl.NCC(F)(F)CNS(=O)(=O)CC1CCCCO1. The van der Waals surface area contributed by atoms with Crippen molar-refractivity contribution in [3.8, 4) is 0 Å². The molecule has 5 nitrogen and oxygen atoms in total. The van der Waals surface area contributed by atoms with E-state index in [1.54, 1.807) is 0 Å². The molecule has 0 aromatic rings. The van der Waals surface area contributed by atoms with E-state index in [1.807, 2.05) is 4.72 Å². The van der Waals surface area contributed by atoms with Crippen molar-refractivity contribution in [1.29, 1.82) is 0 Å². The highest BCUT2D eigenvalue weighted by Gasteiger charge is 2.30. The van der Waals surface area contributed by atoms with E-state index in [4.69, 9.17) is 10.5 Å². The molecule has 0 aromatic carbocycles. The minimum absolute atomic E-state index is 0. The Hall–Kier alpha value is -0.0200. The van der Waals surface area contributed by atoms with Crippen LogP contribution >= 0.6 is 12.4 Å². The maximum Gasteiger partial charge on any atom is 0.273 e. The van der Waals surface area contributed by atoms with Gasteiger partial charge >= 0.3 is 0 Å². The van der Waals surface area contributed by atoms with Crippen molar-refractivity contribution in [3.05, 3.63) is 0 Å². The van der Waals surface area contributed by atoms with E-state index in [9.17, 15) is 17.2 Å². The monoisotopic (exact) mass is 308 g/mol. The van der Waals surface area contributed by atoms with Crippen molar-refractivity contribution in [3.63, 3.8) is 0 Å². The van der Waals surface area contributed by atoms with Crippen LogP contribution in [-0.2, 0) is 14.8 Å². The number of sulfonamides is 1. The van der Waals surface area contributed by atoms with E-state index in [2.05, 4.69) is 0 Å². The zero-order valence-corrected chi connectivity index (χ0v) is 11.5. The summed E-state index contributed by atoms with van der Waals surface area (Å²) in [6, 6.07) is 0. The number of rotatable bonds is 6. The fourth-order valence-corrected chi connectivity index (χ4v) is 2.83. The third kappa shape index (κ3) is 6.79. The van der Waals surface area contributed by atoms with Crippen LogP contribution in [0.1, 0.15) is 19.3 Å². The molecule has 0 bridgehead atoms. The number of hydrogen-bond acceptors (Lipinski definition) is 4. The number of halogens is 3. The number of nitrogens with two attached hydrogens (primary N) is 1. The van der Waals surface area contributed by atoms with E-state index < -0.39 is 35.1 Å². The van der Waals surface area contributed by atoms with E-state index >= 15 is 0 Å². The zero-order chi connectivity index (χ0) is 12.9. The first kappa shape index (κ1) is 18.0. The molecule has 1 saturated heterocycles. The third-order valence-electron chi connectivity index (χ3n) is 2.53. The van der Waals surface area contributed by atoms with Gasteiger partial charge in [0, 0.05) is 6.61 Å². The van der Waals surface area contributed by atoms with E-state index in [1.165, 1.54) is 0 Å². The fourth-order valence-electron chi connectivity index (χ4n) is 1.53. The molecule has 1 aliphatic rings. The van der Waals surface area contributed by atoms with Gasteiger partial charge in [-0.1, -0.05) is 0 Å². The Labute approximate surface area is 112 Å². The highest BCUT2D eigenvalue weighted by Crippen LogP contribution is 2.15. The smallest absolute Gasteiger partial charge is 0.273 e. The first-order chi connectivity index (χ1) is 7.85. The lowest BCUT2D eigenvalue weighted by Crippen LogP contribution is -2.44. The fraction of sp³-hybridized carbons (Fsp3) is 1.00. The van der Waals surface area contributed by atoms with Gasteiger partial charge in [0.15, 0.2) is 0 Å². The van der Waals surface area contributed by atoms with Gasteiger partial charge in [0.05, 0.1) is 24.9 Å². The van der Waals surface area contributed by atoms with E-state index in [0.717, 1.165) is 12.8 Å². The van der Waals surface area contributed by atoms with Crippen LogP contribution in [0, 0.1) is 0 Å². The molecule has 0 radical (unpaired) electrons. The van der Waals surface area contributed by atoms with Crippen molar-refractivity contribution >= 4 is 22.4 Å². The Bertz CT molecular complexity index is 335. The molecule has 1 atom stereocenters. The molecule has 0 aromatic heterocycles. The second kappa shape index (κ2) is 7.54. The minimum atomic E-state index is -3.74. The molecule has 0 aliphatic carbocycles. The summed E-state index contributed by atoms with van der Waals surface area (Å²) >= 11 is 0. The van der Waals surface area contributed by atoms with Crippen molar-refractivity contribution < 1.29 is 21.9 Å². The quantitative estimate of drug-likeness (QED) is 0.748. The molecule has 0 amide bonds. The number of hydrogen-bond donors (Lipinski definition) is 2. The predicted octanol–water partition coefficient (Wildman–Crippen LogP) is 0.491. The van der Waals surface area contributed by atoms with Crippen LogP contribution in [0.25, 0.3) is 0 Å². The Balaban J connectivity index is 0.00000289. The molecule has 0 spiro atoms. The Morgan fingerprint density at radius 2 is 2.06 bits per heavy atom. The molecule has 9 heteroatoms. The van der Waals surface area contributed by atoms with Crippen LogP contribution in [0.4, 0.5) is 8.78 Å². The zero-order valence-electron chi connectivity index (χ0n) is 9.90. The molecule has 18 heavy (non-hydrogen) atoms. The number of nitrogens with one attached hydrogen (secondary N) is 1. The summed E-state index contributed by atoms with van der Waals surface area (Å²) in [5.74, 6) is -3.48. The molecule has 1 aliphatic heterocycles. The van der Waals surface area contributed by atoms with Crippen LogP contribution in [0.15, 0.2) is 0 Å². The summed E-state index contributed by atoms with van der Waals surface area (Å²) in [4.78, 5) is 0. The first-order valence-corrected chi connectivity index (χ1v) is 7.17. The summed E-state index contributed by atoms with van der Waals surface area (Å²) in [5, 5.41) is 0. The van der Waals surface area contributed by atoms with Crippen LogP contribution in [-0.4, -0.2) is 45.9 Å². The van der Waals surface area contributed by atoms with Gasteiger partial charge in [0.2, 0.25) is 10.0 Å². The van der Waals surface area contributed by atoms with Gasteiger partial charge in [-0.3, -0.25) is 0 Å². The largest absolute Gasteiger partial charge is 0.377 e. The van der Waals surface area contributed by atoms with Crippen LogP contribution < -0.4 is 10.5 Å². The van der Waals surface area contributed by atoms with Gasteiger partial charge in [-0.2, -0.15) is 0 Å². The summed E-state index contributed by atoms with van der Waals surface area (Å²) in [6.45, 7) is -1.31. The Morgan fingerprint density at radius 3 is 2.56 bits per heavy atom. The maximum atomic E-state index is 12.8. The van der Waals surface area contributed by atoms with Crippen molar-refractivity contribution in [2.45, 2.75) is 31.3 Å². The summed E-state index contributed by atoms with van der Waals surface area (Å²) in [7, 11) is -3.74. The maximum absolute atomic E-state index is 12.8. The van der Waals surface area contributed by atoms with Gasteiger partial charge in [-0.05, 0) is 19.3 Å². The van der Waals surface area contributed by atoms with Crippen molar-refractivity contribution in [1.82, 2.24) is 4.72 Å². The van der Waals surface area contributed by atoms with Crippen LogP contribution in [0.2, 0.25) is 0 Å². The highest BCUT2D eigenvalue weighted by atomic mass is 35.5. The lowest BCUT2D eigenvalue weighted by molar-refractivity contribution is 0.0161. The second-order valence-corrected chi connectivity index (χ2v) is 6.00. The first-order valence-electron chi connectivity index (χ1n) is 5.51. The number of ether oxygens (including phenoxy) is 1. The Morgan fingerprint density at radius 1 is 1.39 bits per heavy atom. The molecule has 1 fully saturated rings. The normalized spacial score (nSPS) is 21.4. The standard InChI is InChI=1S/C9H18F2N2O3S.ClH/c10-9(11,6-12)7-13-17(14,15)5-8-3-1-2-4-16-8;/h8,13H,1-7,12H2;1H. The summed E-state index contributed by atoms with van der Waals surface area (Å²) < 4.78 is 55.6. The lowest BCUT2D eigenvalue weighted by Gasteiger charge is -2.23. The average molecular weight is 309 g/mol. The van der Waals surface area contributed by atoms with E-state index in [-0.39, 0.29) is 18.2 Å². The molecule has 0 saturated carbocycles. The van der Waals surface area contributed by atoms with Crippen molar-refractivity contribution in [2.75, 3.05) is 25.4 Å². The minimum Gasteiger partial charge on any atom is -0.377 e. The van der Waals surface area contributed by atoms with Crippen LogP contribution in [0.3, 0.4) is 0 Å². The van der Waals surface area contributed by atoms with Crippen LogP contribution in [0.5, 0.6) is 0 Å². The van der Waals surface area contributed by atoms with Gasteiger partial charge in [0.1, 0.15) is 0 Å². The third-order valence-corrected chi connectivity index (χ3v) is 3.92. The molecule has 3 N–H and O–H groups in total.